The number of hydrogen-bond donors (Lipinski definition) is 1. The number of benzene rings is 2. The van der Waals surface area contributed by atoms with E-state index in [1.807, 2.05) is 0 Å². The van der Waals surface area contributed by atoms with Gasteiger partial charge >= 0.3 is 0 Å². The summed E-state index contributed by atoms with van der Waals surface area (Å²) in [5, 5.41) is 2.99. The predicted octanol–water partition coefficient (Wildman–Crippen LogP) is 4.25. The number of nitrogens with one attached hydrogen (secondary N) is 1. The van der Waals surface area contributed by atoms with Gasteiger partial charge in [0.1, 0.15) is 0 Å². The number of nitrogens with zero attached hydrogens (tertiary/aromatic N) is 2. The number of sulfonamides is 1. The Hall–Kier alpha value is -2.42. The van der Waals surface area contributed by atoms with Crippen molar-refractivity contribution in [2.24, 2.45) is 0 Å². The maximum Gasteiger partial charge on any atom is 0.255 e. The van der Waals surface area contributed by atoms with E-state index in [9.17, 15) is 18.0 Å². The Kier molecular flexibility index (Phi) is 7.59. The molecule has 1 fully saturated rings. The second kappa shape index (κ2) is 10.0. The fourth-order valence-electron chi connectivity index (χ4n) is 3.79. The molecule has 172 valence electrons. The molecule has 2 aromatic carbocycles. The molecule has 9 heteroatoms. The molecule has 3 rings (SSSR count). The molecule has 1 aliphatic carbocycles. The predicted molar refractivity (Wildman–Crippen MR) is 126 cm³/mol. The first kappa shape index (κ1) is 24.2. The number of rotatable bonds is 6. The molecule has 2 amide bonds. The van der Waals surface area contributed by atoms with Crippen LogP contribution in [0, 0.1) is 0 Å². The van der Waals surface area contributed by atoms with Crippen LogP contribution in [0.5, 0.6) is 0 Å². The van der Waals surface area contributed by atoms with Crippen LogP contribution in [-0.2, 0) is 10.0 Å². The highest BCUT2D eigenvalue weighted by Crippen LogP contribution is 2.27. The zero-order chi connectivity index (χ0) is 23.5. The van der Waals surface area contributed by atoms with Crippen molar-refractivity contribution in [3.8, 4) is 0 Å². The first-order chi connectivity index (χ1) is 15.1. The first-order valence-corrected chi connectivity index (χ1v) is 12.3. The van der Waals surface area contributed by atoms with E-state index in [0.717, 1.165) is 32.1 Å². The van der Waals surface area contributed by atoms with Gasteiger partial charge in [0.05, 0.1) is 15.6 Å². The van der Waals surface area contributed by atoms with E-state index < -0.39 is 15.9 Å². The maximum absolute atomic E-state index is 13.0. The SMILES string of the molecule is CN(C)C(=O)c1ccc(Cl)c(NC(=O)c2ccc(S(=O)(=O)N(C)C3CCCCC3)cc2)c1. The summed E-state index contributed by atoms with van der Waals surface area (Å²) in [6, 6.07) is 10.5. The number of carbonyl (C=O) groups excluding carboxylic acids is 2. The van der Waals surface area contributed by atoms with Crippen molar-refractivity contribution in [1.29, 1.82) is 0 Å². The third-order valence-electron chi connectivity index (χ3n) is 5.75. The fourth-order valence-corrected chi connectivity index (χ4v) is 5.37. The van der Waals surface area contributed by atoms with Crippen molar-refractivity contribution in [1.82, 2.24) is 9.21 Å². The summed E-state index contributed by atoms with van der Waals surface area (Å²) in [6.45, 7) is 0. The van der Waals surface area contributed by atoms with Crippen molar-refractivity contribution in [2.75, 3.05) is 26.5 Å². The second-order valence-corrected chi connectivity index (χ2v) is 10.6. The van der Waals surface area contributed by atoms with Crippen molar-refractivity contribution in [3.63, 3.8) is 0 Å². The zero-order valence-electron chi connectivity index (χ0n) is 18.5. The lowest BCUT2D eigenvalue weighted by Crippen LogP contribution is -2.38. The van der Waals surface area contributed by atoms with Crippen LogP contribution >= 0.6 is 11.6 Å². The normalized spacial score (nSPS) is 14.9. The molecule has 0 unspecified atom stereocenters. The Morgan fingerprint density at radius 1 is 0.938 bits per heavy atom. The van der Waals surface area contributed by atoms with E-state index in [1.165, 1.54) is 39.5 Å². The van der Waals surface area contributed by atoms with Gasteiger partial charge in [0.25, 0.3) is 11.8 Å². The van der Waals surface area contributed by atoms with Crippen molar-refractivity contribution in [3.05, 3.63) is 58.6 Å². The van der Waals surface area contributed by atoms with E-state index >= 15 is 0 Å². The second-order valence-electron chi connectivity index (χ2n) is 8.19. The highest BCUT2D eigenvalue weighted by molar-refractivity contribution is 7.89. The molecule has 2 aromatic rings. The largest absolute Gasteiger partial charge is 0.345 e. The third-order valence-corrected chi connectivity index (χ3v) is 8.00. The Labute approximate surface area is 194 Å². The fraction of sp³-hybridized carbons (Fsp3) is 0.391. The van der Waals surface area contributed by atoms with E-state index in [-0.39, 0.29) is 22.4 Å². The molecule has 0 aromatic heterocycles. The van der Waals surface area contributed by atoms with E-state index in [0.29, 0.717) is 16.3 Å². The van der Waals surface area contributed by atoms with Gasteiger partial charge in [0.15, 0.2) is 0 Å². The minimum Gasteiger partial charge on any atom is -0.345 e. The van der Waals surface area contributed by atoms with Crippen LogP contribution in [0.25, 0.3) is 0 Å². The first-order valence-electron chi connectivity index (χ1n) is 10.5. The molecule has 1 aliphatic rings. The van der Waals surface area contributed by atoms with Gasteiger partial charge in [0, 0.05) is 38.3 Å². The standard InChI is InChI=1S/C23H28ClN3O4S/c1-26(2)23(29)17-11-14-20(24)21(15-17)25-22(28)16-9-12-19(13-10-16)32(30,31)27(3)18-7-5-4-6-8-18/h9-15,18H,4-8H2,1-3H3,(H,25,28). The summed E-state index contributed by atoms with van der Waals surface area (Å²) in [4.78, 5) is 26.5. The zero-order valence-corrected chi connectivity index (χ0v) is 20.0. The average Bonchev–Trinajstić information content (AvgIpc) is 2.80. The van der Waals surface area contributed by atoms with E-state index in [4.69, 9.17) is 11.6 Å². The van der Waals surface area contributed by atoms with E-state index in [1.54, 1.807) is 33.3 Å². The van der Waals surface area contributed by atoms with Gasteiger partial charge in [-0.15, -0.1) is 0 Å². The van der Waals surface area contributed by atoms with E-state index in [2.05, 4.69) is 5.32 Å². The van der Waals surface area contributed by atoms with Gasteiger partial charge in [-0.25, -0.2) is 8.42 Å². The summed E-state index contributed by atoms with van der Waals surface area (Å²) >= 11 is 6.18. The molecule has 32 heavy (non-hydrogen) atoms. The summed E-state index contributed by atoms with van der Waals surface area (Å²) in [5.41, 5.74) is 0.977. The molecular weight excluding hydrogens is 450 g/mol. The molecular formula is C23H28ClN3O4S. The smallest absolute Gasteiger partial charge is 0.255 e. The number of carbonyl (C=O) groups is 2. The lowest BCUT2D eigenvalue weighted by molar-refractivity contribution is 0.0827. The summed E-state index contributed by atoms with van der Waals surface area (Å²) in [7, 11) is 1.26. The van der Waals surface area contributed by atoms with Gasteiger partial charge in [-0.05, 0) is 55.3 Å². The summed E-state index contributed by atoms with van der Waals surface area (Å²) < 4.78 is 27.4. The Morgan fingerprint density at radius 2 is 1.53 bits per heavy atom. The molecule has 1 N–H and O–H groups in total. The van der Waals surface area contributed by atoms with Crippen LogP contribution in [0.2, 0.25) is 5.02 Å². The van der Waals surface area contributed by atoms with Crippen LogP contribution < -0.4 is 5.32 Å². The maximum atomic E-state index is 13.0. The molecule has 0 saturated heterocycles. The summed E-state index contributed by atoms with van der Waals surface area (Å²) in [6.07, 6.45) is 4.95. The molecule has 0 spiro atoms. The van der Waals surface area contributed by atoms with Gasteiger partial charge in [-0.1, -0.05) is 30.9 Å². The Morgan fingerprint density at radius 3 is 2.12 bits per heavy atom. The number of anilines is 1. The Bertz CT molecular complexity index is 1090. The minimum absolute atomic E-state index is 0.0102. The highest BCUT2D eigenvalue weighted by Gasteiger charge is 2.29. The molecule has 0 bridgehead atoms. The minimum atomic E-state index is -3.63. The van der Waals surface area contributed by atoms with Crippen LogP contribution in [0.3, 0.4) is 0 Å². The molecule has 0 heterocycles. The number of amides is 2. The summed E-state index contributed by atoms with van der Waals surface area (Å²) in [5.74, 6) is -0.667. The molecule has 0 radical (unpaired) electrons. The lowest BCUT2D eigenvalue weighted by atomic mass is 9.96. The van der Waals surface area contributed by atoms with Gasteiger partial charge in [-0.3, -0.25) is 9.59 Å². The lowest BCUT2D eigenvalue weighted by Gasteiger charge is -2.30. The van der Waals surface area contributed by atoms with Gasteiger partial charge in [0.2, 0.25) is 10.0 Å². The average molecular weight is 478 g/mol. The van der Waals surface area contributed by atoms with Crippen molar-refractivity contribution < 1.29 is 18.0 Å². The highest BCUT2D eigenvalue weighted by atomic mass is 35.5. The van der Waals surface area contributed by atoms with Gasteiger partial charge < -0.3 is 10.2 Å². The topological polar surface area (TPSA) is 86.8 Å². The molecule has 0 aliphatic heterocycles. The van der Waals surface area contributed by atoms with Crippen LogP contribution in [-0.4, -0.2) is 56.6 Å². The van der Waals surface area contributed by atoms with Crippen LogP contribution in [0.1, 0.15) is 52.8 Å². The molecule has 0 atom stereocenters. The quantitative estimate of drug-likeness (QED) is 0.673. The molecule has 7 nitrogen and oxygen atoms in total. The van der Waals surface area contributed by atoms with Gasteiger partial charge in [-0.2, -0.15) is 4.31 Å². The monoisotopic (exact) mass is 477 g/mol. The Balaban J connectivity index is 1.75. The van der Waals surface area contributed by atoms with Crippen molar-refractivity contribution in [2.45, 2.75) is 43.0 Å². The molecule has 1 saturated carbocycles. The van der Waals surface area contributed by atoms with Crippen LogP contribution in [0.15, 0.2) is 47.4 Å². The number of halogens is 1. The number of hydrogen-bond acceptors (Lipinski definition) is 4. The van der Waals surface area contributed by atoms with Crippen molar-refractivity contribution >= 4 is 39.1 Å². The van der Waals surface area contributed by atoms with Crippen LogP contribution in [0.4, 0.5) is 5.69 Å². The third kappa shape index (κ3) is 5.31.